The maximum atomic E-state index is 11.9. The number of benzene rings is 2. The Kier molecular flexibility index (Phi) is 8.72. The summed E-state index contributed by atoms with van der Waals surface area (Å²) in [5, 5.41) is 11.6. The Morgan fingerprint density at radius 3 is 2.44 bits per heavy atom. The van der Waals surface area contributed by atoms with Gasteiger partial charge in [-0.25, -0.2) is 0 Å². The smallest absolute Gasteiger partial charge is 0.250 e. The van der Waals surface area contributed by atoms with Crippen LogP contribution in [0.4, 0.5) is 0 Å². The maximum absolute atomic E-state index is 11.9. The molecule has 4 rings (SSSR count). The van der Waals surface area contributed by atoms with E-state index in [1.807, 2.05) is 56.4 Å². The van der Waals surface area contributed by atoms with E-state index in [9.17, 15) is 9.90 Å². The van der Waals surface area contributed by atoms with E-state index in [-0.39, 0.29) is 12.2 Å². The van der Waals surface area contributed by atoms with Crippen LogP contribution in [-0.2, 0) is 13.1 Å². The lowest BCUT2D eigenvalue weighted by Gasteiger charge is -2.38. The van der Waals surface area contributed by atoms with Crippen LogP contribution in [0.15, 0.2) is 65.6 Å². The molecular weight excluding hydrogens is 476 g/mol. The quantitative estimate of drug-likeness (QED) is 0.389. The molecule has 0 radical (unpaired) electrons. The first-order valence-electron chi connectivity index (χ1n) is 12.5. The van der Waals surface area contributed by atoms with Gasteiger partial charge in [0.2, 0.25) is 0 Å². The van der Waals surface area contributed by atoms with Crippen LogP contribution < -0.4 is 15.0 Å². The number of aryl methyl sites for hydroxylation is 3. The number of aliphatic hydroxyl groups is 1. The van der Waals surface area contributed by atoms with Crippen LogP contribution in [0.5, 0.6) is 11.5 Å². The van der Waals surface area contributed by atoms with Gasteiger partial charge in [0.25, 0.3) is 5.56 Å². The molecule has 0 aliphatic carbocycles. The van der Waals surface area contributed by atoms with Gasteiger partial charge in [-0.05, 0) is 74.1 Å². The van der Waals surface area contributed by atoms with E-state index in [0.717, 1.165) is 42.9 Å². The lowest BCUT2D eigenvalue weighted by atomic mass is 9.92. The maximum Gasteiger partial charge on any atom is 0.250 e. The lowest BCUT2D eigenvalue weighted by molar-refractivity contribution is -0.0537. The molecule has 192 valence electrons. The molecule has 0 saturated carbocycles. The zero-order chi connectivity index (χ0) is 25.5. The SMILES string of the molecule is Cc1ccc(Cl)c(OCC2(O)CCN(Cc3ccc(OCCCn4cc(C)ccc4=O)cc3)CC2)c1. The molecule has 2 heterocycles. The molecule has 1 aliphatic rings. The average Bonchev–Trinajstić information content (AvgIpc) is 2.87. The third-order valence-corrected chi connectivity index (χ3v) is 6.96. The summed E-state index contributed by atoms with van der Waals surface area (Å²) in [6.45, 7) is 7.85. The Labute approximate surface area is 218 Å². The minimum Gasteiger partial charge on any atom is -0.494 e. The molecule has 3 aromatic rings. The first-order chi connectivity index (χ1) is 17.3. The van der Waals surface area contributed by atoms with Gasteiger partial charge in [-0.1, -0.05) is 35.9 Å². The molecule has 0 atom stereocenters. The lowest BCUT2D eigenvalue weighted by Crippen LogP contribution is -2.47. The zero-order valence-corrected chi connectivity index (χ0v) is 21.8. The normalized spacial score (nSPS) is 15.6. The van der Waals surface area contributed by atoms with Gasteiger partial charge in [0.15, 0.2) is 0 Å². The third-order valence-electron chi connectivity index (χ3n) is 6.64. The van der Waals surface area contributed by atoms with Gasteiger partial charge < -0.3 is 19.1 Å². The number of halogens is 1. The average molecular weight is 511 g/mol. The Morgan fingerprint density at radius 1 is 0.972 bits per heavy atom. The summed E-state index contributed by atoms with van der Waals surface area (Å²) in [6.07, 6.45) is 3.95. The van der Waals surface area contributed by atoms with E-state index in [4.69, 9.17) is 21.1 Å². The second-order valence-corrected chi connectivity index (χ2v) is 10.2. The van der Waals surface area contributed by atoms with Crippen molar-refractivity contribution in [1.29, 1.82) is 0 Å². The van der Waals surface area contributed by atoms with Crippen LogP contribution in [-0.4, -0.2) is 46.5 Å². The van der Waals surface area contributed by atoms with Gasteiger partial charge in [0, 0.05) is 38.4 Å². The highest BCUT2D eigenvalue weighted by Gasteiger charge is 2.33. The molecule has 0 bridgehead atoms. The predicted octanol–water partition coefficient (Wildman–Crippen LogP) is 4.99. The number of hydrogen-bond donors (Lipinski definition) is 1. The molecule has 2 aromatic carbocycles. The predicted molar refractivity (Wildman–Crippen MR) is 143 cm³/mol. The van der Waals surface area contributed by atoms with E-state index < -0.39 is 5.60 Å². The monoisotopic (exact) mass is 510 g/mol. The summed E-state index contributed by atoms with van der Waals surface area (Å²) in [6, 6.07) is 17.3. The fourth-order valence-electron chi connectivity index (χ4n) is 4.40. The molecule has 0 amide bonds. The van der Waals surface area contributed by atoms with Crippen LogP contribution in [0, 0.1) is 13.8 Å². The van der Waals surface area contributed by atoms with E-state index in [2.05, 4.69) is 17.0 Å². The van der Waals surface area contributed by atoms with Gasteiger partial charge >= 0.3 is 0 Å². The van der Waals surface area contributed by atoms with Crippen LogP contribution >= 0.6 is 11.6 Å². The van der Waals surface area contributed by atoms with Gasteiger partial charge in [0.1, 0.15) is 23.7 Å². The minimum absolute atomic E-state index is 0.0179. The second-order valence-electron chi connectivity index (χ2n) is 9.81. The Bertz CT molecular complexity index is 1200. The Hall–Kier alpha value is -2.80. The summed E-state index contributed by atoms with van der Waals surface area (Å²) >= 11 is 6.22. The van der Waals surface area contributed by atoms with Gasteiger partial charge in [-0.3, -0.25) is 9.69 Å². The van der Waals surface area contributed by atoms with E-state index in [0.29, 0.717) is 36.8 Å². The molecule has 0 spiro atoms. The summed E-state index contributed by atoms with van der Waals surface area (Å²) in [4.78, 5) is 14.2. The van der Waals surface area contributed by atoms with Crippen LogP contribution in [0.1, 0.15) is 36.0 Å². The highest BCUT2D eigenvalue weighted by atomic mass is 35.5. The van der Waals surface area contributed by atoms with Crippen molar-refractivity contribution in [2.24, 2.45) is 0 Å². The van der Waals surface area contributed by atoms with Crippen molar-refractivity contribution >= 4 is 11.6 Å². The molecular formula is C29H35ClN2O4. The number of rotatable bonds is 10. The molecule has 0 unspecified atom stereocenters. The first-order valence-corrected chi connectivity index (χ1v) is 12.9. The van der Waals surface area contributed by atoms with Gasteiger partial charge in [-0.2, -0.15) is 0 Å². The van der Waals surface area contributed by atoms with Crippen molar-refractivity contribution in [2.75, 3.05) is 26.3 Å². The van der Waals surface area contributed by atoms with Crippen molar-refractivity contribution in [3.63, 3.8) is 0 Å². The van der Waals surface area contributed by atoms with Crippen molar-refractivity contribution in [2.45, 2.75) is 51.8 Å². The van der Waals surface area contributed by atoms with Crippen LogP contribution in [0.2, 0.25) is 5.02 Å². The fraction of sp³-hybridized carbons (Fsp3) is 0.414. The summed E-state index contributed by atoms with van der Waals surface area (Å²) in [5.74, 6) is 1.45. The number of likely N-dealkylation sites (tertiary alicyclic amines) is 1. The molecule has 1 aliphatic heterocycles. The largest absolute Gasteiger partial charge is 0.494 e. The standard InChI is InChI=1S/C29H35ClN2O4/c1-22-4-10-26(30)27(18-22)36-21-29(34)12-15-31(16-13-29)20-24-6-8-25(9-7-24)35-17-3-14-32-19-23(2)5-11-28(32)33/h4-11,18-19,34H,3,12-17,20-21H2,1-2H3. The highest BCUT2D eigenvalue weighted by Crippen LogP contribution is 2.29. The van der Waals surface area contributed by atoms with Gasteiger partial charge in [0.05, 0.1) is 11.6 Å². The summed E-state index contributed by atoms with van der Waals surface area (Å²) in [5.41, 5.74) is 2.54. The zero-order valence-electron chi connectivity index (χ0n) is 21.1. The molecule has 1 N–H and O–H groups in total. The number of nitrogens with zero attached hydrogens (tertiary/aromatic N) is 2. The molecule has 36 heavy (non-hydrogen) atoms. The number of ether oxygens (including phenoxy) is 2. The second kappa shape index (κ2) is 12.0. The van der Waals surface area contributed by atoms with Crippen molar-refractivity contribution in [3.05, 3.63) is 92.9 Å². The number of piperidine rings is 1. The molecule has 6 nitrogen and oxygen atoms in total. The minimum atomic E-state index is -0.842. The van der Waals surface area contributed by atoms with Gasteiger partial charge in [-0.15, -0.1) is 0 Å². The van der Waals surface area contributed by atoms with E-state index in [1.165, 1.54) is 5.56 Å². The van der Waals surface area contributed by atoms with E-state index in [1.54, 1.807) is 10.6 Å². The topological polar surface area (TPSA) is 63.9 Å². The molecule has 7 heteroatoms. The van der Waals surface area contributed by atoms with Crippen molar-refractivity contribution in [3.8, 4) is 11.5 Å². The van der Waals surface area contributed by atoms with Crippen LogP contribution in [0.3, 0.4) is 0 Å². The molecule has 1 fully saturated rings. The highest BCUT2D eigenvalue weighted by molar-refractivity contribution is 6.32. The number of pyridine rings is 1. The number of aromatic nitrogens is 1. The van der Waals surface area contributed by atoms with Crippen LogP contribution in [0.25, 0.3) is 0 Å². The first kappa shape index (κ1) is 26.3. The fourth-order valence-corrected chi connectivity index (χ4v) is 4.58. The molecule has 1 aromatic heterocycles. The Balaban J connectivity index is 1.18. The number of hydrogen-bond acceptors (Lipinski definition) is 5. The summed E-state index contributed by atoms with van der Waals surface area (Å²) in [7, 11) is 0. The summed E-state index contributed by atoms with van der Waals surface area (Å²) < 4.78 is 13.5. The van der Waals surface area contributed by atoms with Crippen molar-refractivity contribution < 1.29 is 14.6 Å². The molecule has 1 saturated heterocycles. The third kappa shape index (κ3) is 7.36. The van der Waals surface area contributed by atoms with Crippen molar-refractivity contribution in [1.82, 2.24) is 9.47 Å². The van der Waals surface area contributed by atoms with E-state index >= 15 is 0 Å². The Morgan fingerprint density at radius 2 is 1.69 bits per heavy atom.